The van der Waals surface area contributed by atoms with Gasteiger partial charge in [0.2, 0.25) is 5.91 Å². The number of hydrogen-bond donors (Lipinski definition) is 1. The molecule has 0 radical (unpaired) electrons. The molecule has 0 saturated carbocycles. The molecule has 6 nitrogen and oxygen atoms in total. The maximum Gasteiger partial charge on any atom is 0.294 e. The van der Waals surface area contributed by atoms with E-state index in [4.69, 9.17) is 4.42 Å². The largest absolute Gasteiger partial charge is 0.450 e. The van der Waals surface area contributed by atoms with E-state index in [1.807, 2.05) is 48.5 Å². The number of halogens is 1. The molecule has 0 aliphatic carbocycles. The highest BCUT2D eigenvalue weighted by atomic mass is 127. The van der Waals surface area contributed by atoms with Crippen molar-refractivity contribution < 1.29 is 18.8 Å². The predicted molar refractivity (Wildman–Crippen MR) is 130 cm³/mol. The fraction of sp³-hybridized carbons (Fsp3) is 0.0455. The molecule has 1 aliphatic heterocycles. The standard InChI is InChI=1S/C22H15IN2O4S2/c23-14-6-8-15(9-7-14)24-19(26)13-25-21(27)18(31-22(25)28)12-16-10-11-20(29-16)30-17-4-2-1-3-5-17/h1-12H,13H2,(H,24,26)/b18-12-. The van der Waals surface area contributed by atoms with Gasteiger partial charge in [-0.05, 0) is 82.9 Å². The zero-order valence-electron chi connectivity index (χ0n) is 15.9. The molecule has 0 unspecified atom stereocenters. The van der Waals surface area contributed by atoms with E-state index in [0.29, 0.717) is 16.5 Å². The van der Waals surface area contributed by atoms with Gasteiger partial charge in [0.1, 0.15) is 12.3 Å². The van der Waals surface area contributed by atoms with Gasteiger partial charge >= 0.3 is 0 Å². The van der Waals surface area contributed by atoms with E-state index in [0.717, 1.165) is 25.1 Å². The molecule has 1 N–H and O–H groups in total. The van der Waals surface area contributed by atoms with Crippen LogP contribution in [0.1, 0.15) is 5.76 Å². The van der Waals surface area contributed by atoms with Gasteiger partial charge in [-0.15, -0.1) is 0 Å². The van der Waals surface area contributed by atoms with E-state index in [-0.39, 0.29) is 11.4 Å². The normalized spacial score (nSPS) is 15.0. The molecule has 1 fully saturated rings. The molecule has 1 aliphatic rings. The topological polar surface area (TPSA) is 79.6 Å². The second kappa shape index (κ2) is 9.75. The Hall–Kier alpha value is -2.50. The molecule has 3 aromatic rings. The van der Waals surface area contributed by atoms with E-state index in [9.17, 15) is 14.4 Å². The number of hydrogen-bond acceptors (Lipinski definition) is 6. The Labute approximate surface area is 200 Å². The smallest absolute Gasteiger partial charge is 0.294 e. The first-order valence-electron chi connectivity index (χ1n) is 9.11. The molecule has 31 heavy (non-hydrogen) atoms. The van der Waals surface area contributed by atoms with Gasteiger partial charge in [-0.2, -0.15) is 0 Å². The van der Waals surface area contributed by atoms with Gasteiger partial charge in [0, 0.05) is 20.2 Å². The van der Waals surface area contributed by atoms with Crippen molar-refractivity contribution in [2.24, 2.45) is 0 Å². The van der Waals surface area contributed by atoms with E-state index in [1.54, 1.807) is 18.2 Å². The third-order valence-electron chi connectivity index (χ3n) is 4.14. The zero-order valence-corrected chi connectivity index (χ0v) is 19.7. The van der Waals surface area contributed by atoms with Crippen molar-refractivity contribution in [3.63, 3.8) is 0 Å². The lowest BCUT2D eigenvalue weighted by atomic mass is 10.3. The summed E-state index contributed by atoms with van der Waals surface area (Å²) in [5, 5.41) is 2.88. The summed E-state index contributed by atoms with van der Waals surface area (Å²) in [6.45, 7) is -0.346. The van der Waals surface area contributed by atoms with Crippen molar-refractivity contribution in [1.29, 1.82) is 0 Å². The Kier molecular flexibility index (Phi) is 6.83. The summed E-state index contributed by atoms with van der Waals surface area (Å²) in [5.41, 5.74) is 0.604. The second-order valence-corrected chi connectivity index (χ2v) is 9.71. The molecule has 9 heteroatoms. The molecule has 1 saturated heterocycles. The number of nitrogens with zero attached hydrogens (tertiary/aromatic N) is 1. The minimum Gasteiger partial charge on any atom is -0.450 e. The van der Waals surface area contributed by atoms with E-state index < -0.39 is 17.1 Å². The van der Waals surface area contributed by atoms with Crippen LogP contribution in [0.2, 0.25) is 0 Å². The summed E-state index contributed by atoms with van der Waals surface area (Å²) < 4.78 is 6.79. The van der Waals surface area contributed by atoms with Gasteiger partial charge in [-0.1, -0.05) is 30.0 Å². The number of carbonyl (C=O) groups is 3. The van der Waals surface area contributed by atoms with Crippen molar-refractivity contribution in [3.8, 4) is 0 Å². The number of amides is 3. The highest BCUT2D eigenvalue weighted by Gasteiger charge is 2.36. The third-order valence-corrected chi connectivity index (χ3v) is 6.70. The van der Waals surface area contributed by atoms with E-state index in [1.165, 1.54) is 17.8 Å². The molecule has 1 aromatic heterocycles. The maximum absolute atomic E-state index is 12.6. The van der Waals surface area contributed by atoms with Gasteiger partial charge in [0.05, 0.1) is 4.91 Å². The fourth-order valence-corrected chi connectivity index (χ4v) is 4.69. The lowest BCUT2D eigenvalue weighted by Crippen LogP contribution is -2.36. The molecular weight excluding hydrogens is 547 g/mol. The first-order valence-corrected chi connectivity index (χ1v) is 11.8. The number of rotatable bonds is 6. The highest BCUT2D eigenvalue weighted by Crippen LogP contribution is 2.34. The number of imide groups is 1. The quantitative estimate of drug-likeness (QED) is 0.306. The van der Waals surface area contributed by atoms with Crippen LogP contribution in [-0.2, 0) is 9.59 Å². The van der Waals surface area contributed by atoms with E-state index in [2.05, 4.69) is 27.9 Å². The maximum atomic E-state index is 12.6. The van der Waals surface area contributed by atoms with Gasteiger partial charge in [-0.3, -0.25) is 19.3 Å². The summed E-state index contributed by atoms with van der Waals surface area (Å²) in [7, 11) is 0. The summed E-state index contributed by atoms with van der Waals surface area (Å²) >= 11 is 4.42. The molecule has 0 atom stereocenters. The lowest BCUT2D eigenvalue weighted by Gasteiger charge is -2.12. The Balaban J connectivity index is 1.40. The minimum atomic E-state index is -0.513. The Bertz CT molecular complexity index is 1160. The number of carbonyl (C=O) groups excluding carboxylic acids is 3. The van der Waals surface area contributed by atoms with Crippen LogP contribution in [0, 0.1) is 3.57 Å². The van der Waals surface area contributed by atoms with Crippen LogP contribution in [-0.4, -0.2) is 28.5 Å². The van der Waals surface area contributed by atoms with Crippen LogP contribution in [0.4, 0.5) is 10.5 Å². The second-order valence-electron chi connectivity index (χ2n) is 6.39. The SMILES string of the molecule is O=C(CN1C(=O)S/C(=C\c2ccc(Sc3ccccc3)o2)C1=O)Nc1ccc(I)cc1. The molecule has 156 valence electrons. The average Bonchev–Trinajstić information content (AvgIpc) is 3.30. The predicted octanol–water partition coefficient (Wildman–Crippen LogP) is 5.71. The third kappa shape index (κ3) is 5.60. The first kappa shape index (κ1) is 21.7. The molecule has 2 aromatic carbocycles. The average molecular weight is 562 g/mol. The molecule has 3 amide bonds. The Morgan fingerprint density at radius 1 is 1.06 bits per heavy atom. The summed E-state index contributed by atoms with van der Waals surface area (Å²) in [4.78, 5) is 39.4. The van der Waals surface area contributed by atoms with Gasteiger partial charge in [0.25, 0.3) is 11.1 Å². The summed E-state index contributed by atoms with van der Waals surface area (Å²) in [5.74, 6) is -0.488. The van der Waals surface area contributed by atoms with Crippen LogP contribution in [0.25, 0.3) is 6.08 Å². The zero-order chi connectivity index (χ0) is 21.8. The number of anilines is 1. The van der Waals surface area contributed by atoms with Crippen molar-refractivity contribution in [3.05, 3.63) is 81.0 Å². The van der Waals surface area contributed by atoms with Gasteiger partial charge < -0.3 is 9.73 Å². The Morgan fingerprint density at radius 3 is 2.55 bits per heavy atom. The highest BCUT2D eigenvalue weighted by molar-refractivity contribution is 14.1. The number of furan rings is 1. The summed E-state index contributed by atoms with van der Waals surface area (Å²) in [6, 6.07) is 20.5. The van der Waals surface area contributed by atoms with Crippen molar-refractivity contribution in [2.45, 2.75) is 9.99 Å². The molecule has 2 heterocycles. The summed E-state index contributed by atoms with van der Waals surface area (Å²) in [6.07, 6.45) is 1.52. The van der Waals surface area contributed by atoms with Crippen LogP contribution in [0.5, 0.6) is 0 Å². The molecule has 0 spiro atoms. The molecule has 4 rings (SSSR count). The molecular formula is C22H15IN2O4S2. The Morgan fingerprint density at radius 2 is 1.81 bits per heavy atom. The van der Waals surface area contributed by atoms with E-state index >= 15 is 0 Å². The van der Waals surface area contributed by atoms with Crippen LogP contribution in [0.3, 0.4) is 0 Å². The lowest BCUT2D eigenvalue weighted by molar-refractivity contribution is -0.127. The fourth-order valence-electron chi connectivity index (χ4n) is 2.71. The van der Waals surface area contributed by atoms with Crippen LogP contribution >= 0.6 is 46.1 Å². The number of benzene rings is 2. The minimum absolute atomic E-state index is 0.220. The van der Waals surface area contributed by atoms with Gasteiger partial charge in [-0.25, -0.2) is 0 Å². The monoisotopic (exact) mass is 562 g/mol. The van der Waals surface area contributed by atoms with Crippen LogP contribution in [0.15, 0.2) is 86.0 Å². The van der Waals surface area contributed by atoms with Crippen molar-refractivity contribution >= 4 is 74.9 Å². The number of thioether (sulfide) groups is 1. The van der Waals surface area contributed by atoms with Crippen LogP contribution < -0.4 is 5.32 Å². The molecule has 0 bridgehead atoms. The van der Waals surface area contributed by atoms with Crippen molar-refractivity contribution in [2.75, 3.05) is 11.9 Å². The number of nitrogens with one attached hydrogen (secondary N) is 1. The van der Waals surface area contributed by atoms with Gasteiger partial charge in [0.15, 0.2) is 5.09 Å². The van der Waals surface area contributed by atoms with Crippen molar-refractivity contribution in [1.82, 2.24) is 4.90 Å². The first-order chi connectivity index (χ1) is 15.0.